The number of benzene rings is 4. The maximum absolute atomic E-state index is 14.4. The first-order valence-electron chi connectivity index (χ1n) is 17.7. The van der Waals surface area contributed by atoms with Gasteiger partial charge in [-0.2, -0.15) is 0 Å². The molecule has 2 aliphatic heterocycles. The Morgan fingerprint density at radius 3 is 1.50 bits per heavy atom. The number of nitrogens with zero attached hydrogens (tertiary/aromatic N) is 2. The molecule has 0 radical (unpaired) electrons. The molecule has 20 heteroatoms. The number of hydrogen-bond acceptors (Lipinski definition) is 6. The van der Waals surface area contributed by atoms with Crippen LogP contribution in [0.25, 0.3) is 0 Å². The number of carbonyl (C=O) groups is 2. The zero-order chi connectivity index (χ0) is 40.9. The molecule has 0 spiro atoms. The summed E-state index contributed by atoms with van der Waals surface area (Å²) < 4.78 is 83.9. The number of para-hydroxylation sites is 2. The Bertz CT molecular complexity index is 2200. The van der Waals surface area contributed by atoms with Gasteiger partial charge in [-0.1, -0.05) is 48.0 Å². The van der Waals surface area contributed by atoms with Crippen LogP contribution in [0.15, 0.2) is 82.6 Å². The van der Waals surface area contributed by atoms with E-state index in [1.807, 2.05) is 34.9 Å². The van der Waals surface area contributed by atoms with Gasteiger partial charge in [0, 0.05) is 49.2 Å². The number of unbranched alkanes of at least 4 members (excludes halogenated alkanes) is 2. The van der Waals surface area contributed by atoms with Crippen LogP contribution in [0.3, 0.4) is 0 Å². The molecule has 2 atom stereocenters. The molecule has 2 unspecified atom stereocenters. The van der Waals surface area contributed by atoms with Crippen molar-refractivity contribution in [2.75, 3.05) is 35.8 Å². The molecule has 2 heterocycles. The lowest BCUT2D eigenvalue weighted by molar-refractivity contribution is -0.687. The van der Waals surface area contributed by atoms with Gasteiger partial charge in [0.25, 0.3) is 20.0 Å². The van der Waals surface area contributed by atoms with E-state index in [4.69, 9.17) is 21.8 Å². The molecule has 12 nitrogen and oxygen atoms in total. The normalized spacial score (nSPS) is 16.9. The molecule has 58 heavy (non-hydrogen) atoms. The second-order valence-electron chi connectivity index (χ2n) is 13.4. The molecule has 2 aliphatic rings. The Morgan fingerprint density at radius 1 is 0.672 bits per heavy atom. The highest BCUT2D eigenvalue weighted by molar-refractivity contribution is 14.1. The number of hydrogen-bond donors (Lipinski definition) is 4. The number of rotatable bonds is 12. The topological polar surface area (TPSA) is 183 Å². The molecule has 0 saturated heterocycles. The molecule has 0 fully saturated rings. The van der Waals surface area contributed by atoms with E-state index in [0.717, 1.165) is 17.2 Å². The van der Waals surface area contributed by atoms with Crippen molar-refractivity contribution in [3.05, 3.63) is 115 Å². The lowest BCUT2D eigenvalue weighted by Crippen LogP contribution is -3.00. The number of sulfonamides is 2. The van der Waals surface area contributed by atoms with Gasteiger partial charge in [-0.25, -0.2) is 25.6 Å². The zero-order valence-electron chi connectivity index (χ0n) is 31.2. The predicted octanol–water partition coefficient (Wildman–Crippen LogP) is -0.990. The number of nitrogens with two attached hydrogens (primary N) is 2. The highest BCUT2D eigenvalue weighted by Gasteiger charge is 2.39. The molecule has 6 rings (SSSR count). The van der Waals surface area contributed by atoms with Crippen LogP contribution >= 0.6 is 34.2 Å². The average molecular weight is 1020 g/mol. The fraction of sp³-hybridized carbons (Fsp3) is 0.316. The summed E-state index contributed by atoms with van der Waals surface area (Å²) in [5, 5.41) is 21.2. The lowest BCUT2D eigenvalue weighted by atomic mass is 9.96. The summed E-state index contributed by atoms with van der Waals surface area (Å²) in [5.74, 6) is -2.83. The third kappa shape index (κ3) is 10.7. The lowest BCUT2D eigenvalue weighted by Gasteiger charge is -2.20. The maximum atomic E-state index is 14.4. The van der Waals surface area contributed by atoms with Crippen LogP contribution in [0.4, 0.5) is 20.2 Å². The van der Waals surface area contributed by atoms with E-state index in [2.05, 4.69) is 0 Å². The van der Waals surface area contributed by atoms with E-state index in [-0.39, 0.29) is 56.0 Å². The quantitative estimate of drug-likeness (QED) is 0.103. The molecule has 0 saturated carbocycles. The molecular weight excluding hydrogens is 976 g/mol. The Labute approximate surface area is 367 Å². The summed E-state index contributed by atoms with van der Waals surface area (Å²) in [7, 11) is -4.76. The van der Waals surface area contributed by atoms with Crippen molar-refractivity contribution in [3.8, 4) is 0 Å². The molecular formula is C38H42Cl3F2IN4O8S2. The Kier molecular flexibility index (Phi) is 17.6. The molecule has 0 bridgehead atoms. The summed E-state index contributed by atoms with van der Waals surface area (Å²) in [4.78, 5) is 21.4. The van der Waals surface area contributed by atoms with Gasteiger partial charge in [0.05, 0.1) is 42.8 Å². The molecule has 0 amide bonds. The minimum atomic E-state index is -3.90. The minimum absolute atomic E-state index is 0. The van der Waals surface area contributed by atoms with Crippen LogP contribution < -0.4 is 44.1 Å². The van der Waals surface area contributed by atoms with Crippen LogP contribution in [0.1, 0.15) is 72.9 Å². The smallest absolute Gasteiger partial charge is 0.303 e. The van der Waals surface area contributed by atoms with Gasteiger partial charge in [-0.15, -0.1) is 0 Å². The standard InChI is InChI=1S/C19H20ClFN2O4S.C19H20FIN2O4S.2ClH/c1-23-16-7-3-2-6-12(16)19(22-9-5-4-8-18(24)25)13-10-15(21)14(20)11-17(13)28(23,26)27;1-23-16-7-3-2-6-12(16)19(22-9-5-4-8-18(24)25)13-10-14(20)15(21)11-17(13)28(23,26)27;;/h2*2-3,6-7,10-11,19,22H,4-5,8-9H2,1H3,(H,24,25);2*1H. The zero-order valence-corrected chi connectivity index (χ0v) is 37.3. The second-order valence-corrected chi connectivity index (χ2v) is 18.8. The fourth-order valence-electron chi connectivity index (χ4n) is 6.90. The number of fused-ring (bicyclic) bond motifs is 4. The van der Waals surface area contributed by atoms with E-state index in [1.165, 1.54) is 40.9 Å². The van der Waals surface area contributed by atoms with Crippen LogP contribution in [-0.4, -0.2) is 66.2 Å². The molecule has 0 aromatic heterocycles. The van der Waals surface area contributed by atoms with Crippen LogP contribution in [0.2, 0.25) is 5.02 Å². The van der Waals surface area contributed by atoms with Gasteiger partial charge in [-0.3, -0.25) is 18.2 Å². The van der Waals surface area contributed by atoms with E-state index >= 15 is 0 Å². The predicted molar refractivity (Wildman–Crippen MR) is 215 cm³/mol. The Morgan fingerprint density at radius 2 is 1.07 bits per heavy atom. The van der Waals surface area contributed by atoms with E-state index < -0.39 is 55.7 Å². The van der Waals surface area contributed by atoms with E-state index in [1.54, 1.807) is 46.9 Å². The van der Waals surface area contributed by atoms with Gasteiger partial charge in [0.1, 0.15) is 23.7 Å². The summed E-state index contributed by atoms with van der Waals surface area (Å²) in [6, 6.07) is 18.5. The van der Waals surface area contributed by atoms with Gasteiger partial charge < -0.3 is 45.7 Å². The summed E-state index contributed by atoms with van der Waals surface area (Å²) >= 11 is 7.68. The number of anilines is 2. The van der Waals surface area contributed by atoms with Crippen molar-refractivity contribution in [2.45, 2.75) is 60.4 Å². The number of carboxylic acid groups (broad SMARTS) is 2. The van der Waals surface area contributed by atoms with E-state index in [9.17, 15) is 35.2 Å². The van der Waals surface area contributed by atoms with Gasteiger partial charge in [0.2, 0.25) is 0 Å². The SMILES string of the molecule is CN1c2ccccc2C([NH2+]CCCCC(=O)O)c2cc(F)c(Cl)cc2S1(=O)=O.CN1c2ccccc2C([NH2+]CCCCC(=O)O)c2cc(F)c(I)cc2S1(=O)=O.[Cl-].[Cl-]. The Hall–Kier alpha value is -3.30. The van der Waals surface area contributed by atoms with Crippen molar-refractivity contribution in [2.24, 2.45) is 0 Å². The first kappa shape index (κ1) is 49.1. The van der Waals surface area contributed by atoms with Crippen molar-refractivity contribution < 1.29 is 80.9 Å². The van der Waals surface area contributed by atoms with Crippen molar-refractivity contribution in [1.29, 1.82) is 0 Å². The first-order valence-corrected chi connectivity index (χ1v) is 22.0. The van der Waals surface area contributed by atoms with Crippen LogP contribution in [0.5, 0.6) is 0 Å². The number of carboxylic acids is 2. The maximum Gasteiger partial charge on any atom is 0.303 e. The largest absolute Gasteiger partial charge is 1.00 e. The third-order valence-electron chi connectivity index (χ3n) is 9.77. The molecule has 0 aliphatic carbocycles. The summed E-state index contributed by atoms with van der Waals surface area (Å²) in [6.07, 6.45) is 2.52. The highest BCUT2D eigenvalue weighted by atomic mass is 127. The molecule has 4 aromatic carbocycles. The van der Waals surface area contributed by atoms with Crippen LogP contribution in [0, 0.1) is 15.2 Å². The summed E-state index contributed by atoms with van der Waals surface area (Å²) in [6.45, 7) is 1.17. The van der Waals surface area contributed by atoms with Crippen LogP contribution in [-0.2, 0) is 29.6 Å². The second kappa shape index (κ2) is 20.8. The molecule has 4 aromatic rings. The van der Waals surface area contributed by atoms with Gasteiger partial charge >= 0.3 is 11.9 Å². The highest BCUT2D eigenvalue weighted by Crippen LogP contribution is 2.41. The monoisotopic (exact) mass is 1020 g/mol. The first-order chi connectivity index (χ1) is 26.5. The summed E-state index contributed by atoms with van der Waals surface area (Å²) in [5.41, 5.74) is 3.34. The van der Waals surface area contributed by atoms with E-state index in [0.29, 0.717) is 61.3 Å². The molecule has 316 valence electrons. The third-order valence-corrected chi connectivity index (χ3v) is 14.5. The number of quaternary nitrogens is 2. The van der Waals surface area contributed by atoms with Gasteiger partial charge in [0.15, 0.2) is 0 Å². The molecule has 6 N–H and O–H groups in total. The average Bonchev–Trinajstić information content (AvgIpc) is 3.25. The fourth-order valence-corrected chi connectivity index (χ4v) is 10.8. The number of halogens is 6. The van der Waals surface area contributed by atoms with Crippen molar-refractivity contribution in [3.63, 3.8) is 0 Å². The number of aliphatic carboxylic acids is 2. The van der Waals surface area contributed by atoms with Crippen molar-refractivity contribution >= 4 is 77.6 Å². The Balaban J connectivity index is 0.000000300. The van der Waals surface area contributed by atoms with Gasteiger partial charge in [-0.05, 0) is 84.7 Å². The minimum Gasteiger partial charge on any atom is -1.00 e. The van der Waals surface area contributed by atoms with Crippen molar-refractivity contribution in [1.82, 2.24) is 0 Å².